The summed E-state index contributed by atoms with van der Waals surface area (Å²) in [4.78, 5) is 0. The standard InChI is InChI=1S/C11H12FN3/c1-7-3-4-10(12)8(5-7)9-6-14-15(2)11(9)13/h3-6H,13H2,1-2H3. The van der Waals surface area contributed by atoms with Crippen LogP contribution in [0.2, 0.25) is 0 Å². The van der Waals surface area contributed by atoms with Gasteiger partial charge in [0.05, 0.1) is 6.20 Å². The van der Waals surface area contributed by atoms with E-state index in [0.29, 0.717) is 16.9 Å². The molecule has 2 N–H and O–H groups in total. The van der Waals surface area contributed by atoms with Crippen LogP contribution in [0.3, 0.4) is 0 Å². The maximum Gasteiger partial charge on any atom is 0.131 e. The minimum atomic E-state index is -0.277. The Bertz CT molecular complexity index is 503. The molecule has 0 aliphatic carbocycles. The van der Waals surface area contributed by atoms with Gasteiger partial charge in [-0.3, -0.25) is 4.68 Å². The molecule has 0 unspecified atom stereocenters. The van der Waals surface area contributed by atoms with Gasteiger partial charge in [0.15, 0.2) is 0 Å². The Balaban J connectivity index is 2.63. The summed E-state index contributed by atoms with van der Waals surface area (Å²) >= 11 is 0. The van der Waals surface area contributed by atoms with Gasteiger partial charge < -0.3 is 5.73 Å². The monoisotopic (exact) mass is 205 g/mol. The molecular formula is C11H12FN3. The van der Waals surface area contributed by atoms with Crippen molar-refractivity contribution in [3.63, 3.8) is 0 Å². The average molecular weight is 205 g/mol. The fourth-order valence-electron chi connectivity index (χ4n) is 1.50. The van der Waals surface area contributed by atoms with Gasteiger partial charge in [-0.2, -0.15) is 5.10 Å². The molecule has 0 spiro atoms. The van der Waals surface area contributed by atoms with Gasteiger partial charge in [-0.05, 0) is 19.1 Å². The highest BCUT2D eigenvalue weighted by Gasteiger charge is 2.11. The number of rotatable bonds is 1. The van der Waals surface area contributed by atoms with Crippen LogP contribution in [0, 0.1) is 12.7 Å². The van der Waals surface area contributed by atoms with Crippen LogP contribution in [0.1, 0.15) is 5.56 Å². The average Bonchev–Trinajstić information content (AvgIpc) is 2.52. The highest BCUT2D eigenvalue weighted by atomic mass is 19.1. The van der Waals surface area contributed by atoms with E-state index in [-0.39, 0.29) is 5.82 Å². The Morgan fingerprint density at radius 3 is 2.67 bits per heavy atom. The molecule has 0 aliphatic rings. The second kappa shape index (κ2) is 3.38. The van der Waals surface area contributed by atoms with Crippen molar-refractivity contribution in [3.8, 4) is 11.1 Å². The Hall–Kier alpha value is -1.84. The number of nitrogen functional groups attached to an aromatic ring is 1. The van der Waals surface area contributed by atoms with Gasteiger partial charge in [-0.15, -0.1) is 0 Å². The molecule has 4 heteroatoms. The van der Waals surface area contributed by atoms with Gasteiger partial charge in [0, 0.05) is 18.2 Å². The summed E-state index contributed by atoms with van der Waals surface area (Å²) in [6.07, 6.45) is 1.58. The zero-order chi connectivity index (χ0) is 11.0. The molecule has 0 bridgehead atoms. The van der Waals surface area contributed by atoms with E-state index >= 15 is 0 Å². The quantitative estimate of drug-likeness (QED) is 0.774. The van der Waals surface area contributed by atoms with Gasteiger partial charge in [0.25, 0.3) is 0 Å². The largest absolute Gasteiger partial charge is 0.383 e. The van der Waals surface area contributed by atoms with E-state index in [0.717, 1.165) is 5.56 Å². The molecule has 2 rings (SSSR count). The fraction of sp³-hybridized carbons (Fsp3) is 0.182. The third kappa shape index (κ3) is 1.58. The number of anilines is 1. The number of halogens is 1. The predicted molar refractivity (Wildman–Crippen MR) is 57.8 cm³/mol. The summed E-state index contributed by atoms with van der Waals surface area (Å²) in [6.45, 7) is 1.91. The van der Waals surface area contributed by atoms with Gasteiger partial charge in [0.1, 0.15) is 11.6 Å². The van der Waals surface area contributed by atoms with Crippen LogP contribution >= 0.6 is 0 Å². The Morgan fingerprint density at radius 2 is 2.07 bits per heavy atom. The third-order valence-corrected chi connectivity index (χ3v) is 2.40. The van der Waals surface area contributed by atoms with Gasteiger partial charge in [0.2, 0.25) is 0 Å². The first kappa shape index (κ1) is 9.71. The normalized spacial score (nSPS) is 10.6. The Morgan fingerprint density at radius 1 is 1.33 bits per heavy atom. The molecule has 0 aliphatic heterocycles. The first-order chi connectivity index (χ1) is 7.09. The Kier molecular flexibility index (Phi) is 2.19. The maximum atomic E-state index is 13.6. The zero-order valence-electron chi connectivity index (χ0n) is 8.66. The maximum absolute atomic E-state index is 13.6. The lowest BCUT2D eigenvalue weighted by molar-refractivity contribution is 0.631. The molecule has 1 aromatic carbocycles. The van der Waals surface area contributed by atoms with Crippen LogP contribution in [0.4, 0.5) is 10.2 Å². The van der Waals surface area contributed by atoms with E-state index < -0.39 is 0 Å². The first-order valence-electron chi connectivity index (χ1n) is 4.63. The van der Waals surface area contributed by atoms with E-state index in [1.54, 1.807) is 25.4 Å². The van der Waals surface area contributed by atoms with Crippen molar-refractivity contribution >= 4 is 5.82 Å². The van der Waals surface area contributed by atoms with Gasteiger partial charge >= 0.3 is 0 Å². The minimum absolute atomic E-state index is 0.277. The first-order valence-corrected chi connectivity index (χ1v) is 4.63. The summed E-state index contributed by atoms with van der Waals surface area (Å²) in [5, 5.41) is 3.99. The second-order valence-corrected chi connectivity index (χ2v) is 3.55. The molecule has 0 saturated carbocycles. The smallest absolute Gasteiger partial charge is 0.131 e. The van der Waals surface area contributed by atoms with Crippen LogP contribution in [-0.4, -0.2) is 9.78 Å². The van der Waals surface area contributed by atoms with Crippen molar-refractivity contribution in [2.45, 2.75) is 6.92 Å². The number of aromatic nitrogens is 2. The topological polar surface area (TPSA) is 43.8 Å². The molecule has 15 heavy (non-hydrogen) atoms. The Labute approximate surface area is 87.3 Å². The highest BCUT2D eigenvalue weighted by molar-refractivity contribution is 5.74. The van der Waals surface area contributed by atoms with Crippen molar-refractivity contribution in [3.05, 3.63) is 35.8 Å². The minimum Gasteiger partial charge on any atom is -0.383 e. The summed E-state index contributed by atoms with van der Waals surface area (Å²) in [5.74, 6) is 0.194. The summed E-state index contributed by atoms with van der Waals surface area (Å²) in [6, 6.07) is 4.94. The van der Waals surface area contributed by atoms with Crippen LogP contribution in [0.25, 0.3) is 11.1 Å². The van der Waals surface area contributed by atoms with Crippen LogP contribution < -0.4 is 5.73 Å². The van der Waals surface area contributed by atoms with Gasteiger partial charge in [-0.25, -0.2) is 4.39 Å². The molecule has 0 atom stereocenters. The molecule has 78 valence electrons. The number of hydrogen-bond donors (Lipinski definition) is 1. The zero-order valence-corrected chi connectivity index (χ0v) is 8.66. The number of aryl methyl sites for hydroxylation is 2. The third-order valence-electron chi connectivity index (χ3n) is 2.40. The molecule has 0 amide bonds. The molecule has 2 aromatic rings. The van der Waals surface area contributed by atoms with Crippen LogP contribution in [-0.2, 0) is 7.05 Å². The van der Waals surface area contributed by atoms with Crippen LogP contribution in [0.15, 0.2) is 24.4 Å². The predicted octanol–water partition coefficient (Wildman–Crippen LogP) is 2.12. The van der Waals surface area contributed by atoms with Crippen molar-refractivity contribution < 1.29 is 4.39 Å². The lowest BCUT2D eigenvalue weighted by Crippen LogP contribution is -1.98. The summed E-state index contributed by atoms with van der Waals surface area (Å²) in [5.41, 5.74) is 7.92. The molecule has 0 fully saturated rings. The van der Waals surface area contributed by atoms with Crippen molar-refractivity contribution in [2.75, 3.05) is 5.73 Å². The van der Waals surface area contributed by atoms with E-state index in [4.69, 9.17) is 5.73 Å². The van der Waals surface area contributed by atoms with Gasteiger partial charge in [-0.1, -0.05) is 11.6 Å². The molecule has 1 heterocycles. The van der Waals surface area contributed by atoms with Crippen molar-refractivity contribution in [1.29, 1.82) is 0 Å². The summed E-state index contributed by atoms with van der Waals surface area (Å²) in [7, 11) is 1.73. The van der Waals surface area contributed by atoms with Crippen molar-refractivity contribution in [1.82, 2.24) is 9.78 Å². The SMILES string of the molecule is Cc1ccc(F)c(-c2cnn(C)c2N)c1. The number of nitrogens with two attached hydrogens (primary N) is 1. The highest BCUT2D eigenvalue weighted by Crippen LogP contribution is 2.28. The second-order valence-electron chi connectivity index (χ2n) is 3.55. The molecule has 3 nitrogen and oxygen atoms in total. The lowest BCUT2D eigenvalue weighted by atomic mass is 10.1. The molecule has 0 radical (unpaired) electrons. The number of nitrogens with zero attached hydrogens (tertiary/aromatic N) is 2. The number of hydrogen-bond acceptors (Lipinski definition) is 2. The molecule has 0 saturated heterocycles. The molecule has 1 aromatic heterocycles. The van der Waals surface area contributed by atoms with Crippen molar-refractivity contribution in [2.24, 2.45) is 7.05 Å². The number of benzene rings is 1. The fourth-order valence-corrected chi connectivity index (χ4v) is 1.50. The van der Waals surface area contributed by atoms with E-state index in [1.165, 1.54) is 10.7 Å². The van der Waals surface area contributed by atoms with E-state index in [9.17, 15) is 4.39 Å². The van der Waals surface area contributed by atoms with E-state index in [1.807, 2.05) is 6.92 Å². The lowest BCUT2D eigenvalue weighted by Gasteiger charge is -2.03. The van der Waals surface area contributed by atoms with Crippen LogP contribution in [0.5, 0.6) is 0 Å². The summed E-state index contributed by atoms with van der Waals surface area (Å²) < 4.78 is 15.1. The molecular weight excluding hydrogens is 193 g/mol. The van der Waals surface area contributed by atoms with E-state index in [2.05, 4.69) is 5.10 Å².